The highest BCUT2D eigenvalue weighted by Crippen LogP contribution is 2.18. The number of hydrogen-bond acceptors (Lipinski definition) is 4. The van der Waals surface area contributed by atoms with Crippen LogP contribution in [0.25, 0.3) is 0 Å². The van der Waals surface area contributed by atoms with Crippen LogP contribution >= 0.6 is 0 Å². The van der Waals surface area contributed by atoms with E-state index in [4.69, 9.17) is 4.52 Å². The van der Waals surface area contributed by atoms with E-state index in [1.165, 1.54) is 12.1 Å². The summed E-state index contributed by atoms with van der Waals surface area (Å²) in [5, 5.41) is 3.71. The predicted octanol–water partition coefficient (Wildman–Crippen LogP) is 3.02. The third-order valence-corrected chi connectivity index (χ3v) is 3.05. The van der Waals surface area contributed by atoms with E-state index in [-0.39, 0.29) is 29.5 Å². The second kappa shape index (κ2) is 5.90. The van der Waals surface area contributed by atoms with E-state index in [1.807, 2.05) is 0 Å². The zero-order valence-corrected chi connectivity index (χ0v) is 11.2. The molecule has 4 nitrogen and oxygen atoms in total. The molecule has 0 fully saturated rings. The summed E-state index contributed by atoms with van der Waals surface area (Å²) in [6.07, 6.45) is 0.466. The molecule has 106 valence electrons. The van der Waals surface area contributed by atoms with Gasteiger partial charge in [-0.25, -0.2) is 8.78 Å². The van der Waals surface area contributed by atoms with E-state index >= 15 is 0 Å². The van der Waals surface area contributed by atoms with E-state index in [2.05, 4.69) is 10.1 Å². The highest BCUT2D eigenvalue weighted by molar-refractivity contribution is 5.83. The molecule has 1 heterocycles. The van der Waals surface area contributed by atoms with Crippen molar-refractivity contribution >= 4 is 5.78 Å². The zero-order valence-electron chi connectivity index (χ0n) is 11.2. The number of rotatable bonds is 5. The van der Waals surface area contributed by atoms with Gasteiger partial charge >= 0.3 is 0 Å². The summed E-state index contributed by atoms with van der Waals surface area (Å²) in [4.78, 5) is 15.6. The van der Waals surface area contributed by atoms with Crippen LogP contribution in [-0.2, 0) is 11.2 Å². The van der Waals surface area contributed by atoms with Crippen LogP contribution in [0.4, 0.5) is 8.78 Å². The van der Waals surface area contributed by atoms with E-state index in [9.17, 15) is 13.6 Å². The van der Waals surface area contributed by atoms with E-state index < -0.39 is 17.6 Å². The summed E-state index contributed by atoms with van der Waals surface area (Å²) in [5.74, 6) is -1.29. The normalized spacial score (nSPS) is 12.4. The fraction of sp³-hybridized carbons (Fsp3) is 0.357. The standard InChI is InChI=1S/C14H14F2N2O2/c1-3-12(19)8(2)14-17-13(18-20-14)6-9-4-5-10(15)7-11(9)16/h4-5,7-8H,3,6H2,1-2H3. The smallest absolute Gasteiger partial charge is 0.236 e. The third kappa shape index (κ3) is 3.07. The summed E-state index contributed by atoms with van der Waals surface area (Å²) >= 11 is 0. The molecule has 0 amide bonds. The third-order valence-electron chi connectivity index (χ3n) is 3.05. The molecule has 2 rings (SSSR count). The van der Waals surface area contributed by atoms with Crippen LogP contribution in [-0.4, -0.2) is 15.9 Å². The molecule has 0 aliphatic rings. The minimum atomic E-state index is -0.658. The molecule has 20 heavy (non-hydrogen) atoms. The number of ketones is 1. The summed E-state index contributed by atoms with van der Waals surface area (Å²) in [5.41, 5.74) is 0.272. The number of hydrogen-bond donors (Lipinski definition) is 0. The number of carbonyl (C=O) groups is 1. The zero-order chi connectivity index (χ0) is 14.7. The number of aromatic nitrogens is 2. The first-order valence-corrected chi connectivity index (χ1v) is 6.30. The Morgan fingerprint density at radius 2 is 2.15 bits per heavy atom. The molecule has 0 radical (unpaired) electrons. The Kier molecular flexibility index (Phi) is 4.22. The van der Waals surface area contributed by atoms with Crippen LogP contribution in [0, 0.1) is 11.6 Å². The number of carbonyl (C=O) groups excluding carboxylic acids is 1. The van der Waals surface area contributed by atoms with E-state index in [0.717, 1.165) is 6.07 Å². The van der Waals surface area contributed by atoms with Gasteiger partial charge in [0.05, 0.1) is 5.92 Å². The maximum atomic E-state index is 13.5. The molecule has 0 N–H and O–H groups in total. The number of halogens is 2. The van der Waals surface area contributed by atoms with Gasteiger partial charge < -0.3 is 4.52 Å². The molecule has 0 saturated heterocycles. The first kappa shape index (κ1) is 14.3. The molecule has 1 aromatic carbocycles. The Morgan fingerprint density at radius 1 is 1.40 bits per heavy atom. The fourth-order valence-electron chi connectivity index (χ4n) is 1.79. The van der Waals surface area contributed by atoms with Crippen molar-refractivity contribution in [1.29, 1.82) is 0 Å². The molecule has 0 bridgehead atoms. The second-order valence-electron chi connectivity index (χ2n) is 4.50. The summed E-state index contributed by atoms with van der Waals surface area (Å²) < 4.78 is 31.3. The molecule has 0 spiro atoms. The van der Waals surface area contributed by atoms with Gasteiger partial charge in [0.1, 0.15) is 17.4 Å². The topological polar surface area (TPSA) is 56.0 Å². The lowest BCUT2D eigenvalue weighted by molar-refractivity contribution is -0.120. The first-order valence-electron chi connectivity index (χ1n) is 6.30. The van der Waals surface area contributed by atoms with Crippen LogP contribution in [0.15, 0.2) is 22.7 Å². The minimum absolute atomic E-state index is 0.00633. The number of Topliss-reactive ketones (excluding diaryl/α,β-unsaturated/α-hetero) is 1. The Bertz CT molecular complexity index is 625. The van der Waals surface area contributed by atoms with Gasteiger partial charge in [-0.1, -0.05) is 18.1 Å². The average molecular weight is 280 g/mol. The molecule has 1 aromatic heterocycles. The van der Waals surface area contributed by atoms with Crippen LogP contribution < -0.4 is 0 Å². The van der Waals surface area contributed by atoms with Crippen molar-refractivity contribution in [3.05, 3.63) is 47.1 Å². The highest BCUT2D eigenvalue weighted by Gasteiger charge is 2.20. The monoisotopic (exact) mass is 280 g/mol. The predicted molar refractivity (Wildman–Crippen MR) is 67.2 cm³/mol. The number of benzene rings is 1. The molecule has 1 atom stereocenters. The van der Waals surface area contributed by atoms with Gasteiger partial charge in [0.2, 0.25) is 5.89 Å². The Morgan fingerprint density at radius 3 is 2.80 bits per heavy atom. The molecule has 0 aliphatic heterocycles. The summed E-state index contributed by atoms with van der Waals surface area (Å²) in [6.45, 7) is 3.44. The van der Waals surface area contributed by atoms with Gasteiger partial charge in [-0.15, -0.1) is 0 Å². The first-order chi connectivity index (χ1) is 9.51. The van der Waals surface area contributed by atoms with Crippen LogP contribution in [0.5, 0.6) is 0 Å². The molecule has 0 saturated carbocycles. The molecule has 2 aromatic rings. The van der Waals surface area contributed by atoms with E-state index in [0.29, 0.717) is 6.42 Å². The van der Waals surface area contributed by atoms with Gasteiger partial charge in [-0.2, -0.15) is 4.98 Å². The van der Waals surface area contributed by atoms with Gasteiger partial charge in [0.15, 0.2) is 5.82 Å². The van der Waals surface area contributed by atoms with Crippen molar-refractivity contribution in [3.8, 4) is 0 Å². The fourth-order valence-corrected chi connectivity index (χ4v) is 1.79. The van der Waals surface area contributed by atoms with Crippen molar-refractivity contribution in [1.82, 2.24) is 10.1 Å². The molecular weight excluding hydrogens is 266 g/mol. The molecular formula is C14H14F2N2O2. The van der Waals surface area contributed by atoms with Crippen molar-refractivity contribution in [2.45, 2.75) is 32.6 Å². The Labute approximate surface area is 114 Å². The van der Waals surface area contributed by atoms with Gasteiger partial charge in [-0.05, 0) is 18.6 Å². The van der Waals surface area contributed by atoms with Crippen molar-refractivity contribution in [3.63, 3.8) is 0 Å². The summed E-state index contributed by atoms with van der Waals surface area (Å²) in [7, 11) is 0. The van der Waals surface area contributed by atoms with Crippen LogP contribution in [0.2, 0.25) is 0 Å². The Balaban J connectivity index is 2.15. The second-order valence-corrected chi connectivity index (χ2v) is 4.50. The van der Waals surface area contributed by atoms with Gasteiger partial charge in [-0.3, -0.25) is 4.79 Å². The average Bonchev–Trinajstić information content (AvgIpc) is 2.88. The van der Waals surface area contributed by atoms with Gasteiger partial charge in [0, 0.05) is 18.9 Å². The molecule has 6 heteroatoms. The summed E-state index contributed by atoms with van der Waals surface area (Å²) in [6, 6.07) is 3.31. The molecule has 1 unspecified atom stereocenters. The lowest BCUT2D eigenvalue weighted by atomic mass is 10.1. The quantitative estimate of drug-likeness (QED) is 0.844. The minimum Gasteiger partial charge on any atom is -0.339 e. The van der Waals surface area contributed by atoms with Crippen molar-refractivity contribution < 1.29 is 18.1 Å². The Hall–Kier alpha value is -2.11. The maximum Gasteiger partial charge on any atom is 0.236 e. The SMILES string of the molecule is CCC(=O)C(C)c1nc(Cc2ccc(F)cc2F)no1. The number of nitrogens with zero attached hydrogens (tertiary/aromatic N) is 2. The van der Waals surface area contributed by atoms with E-state index in [1.54, 1.807) is 13.8 Å². The molecule has 0 aliphatic carbocycles. The van der Waals surface area contributed by atoms with Crippen molar-refractivity contribution in [2.75, 3.05) is 0 Å². The lowest BCUT2D eigenvalue weighted by Crippen LogP contribution is -2.08. The maximum absolute atomic E-state index is 13.5. The van der Waals surface area contributed by atoms with Crippen LogP contribution in [0.1, 0.15) is 43.5 Å². The lowest BCUT2D eigenvalue weighted by Gasteiger charge is -2.01. The van der Waals surface area contributed by atoms with Crippen LogP contribution in [0.3, 0.4) is 0 Å². The van der Waals surface area contributed by atoms with Crippen molar-refractivity contribution in [2.24, 2.45) is 0 Å². The van der Waals surface area contributed by atoms with Gasteiger partial charge in [0.25, 0.3) is 0 Å². The largest absolute Gasteiger partial charge is 0.339 e. The highest BCUT2D eigenvalue weighted by atomic mass is 19.1.